The number of benzene rings is 1. The van der Waals surface area contributed by atoms with Crippen molar-refractivity contribution in [1.82, 2.24) is 5.32 Å². The number of hydrogen-bond donors (Lipinski definition) is 3. The summed E-state index contributed by atoms with van der Waals surface area (Å²) in [5.41, 5.74) is -1.14. The fourth-order valence-corrected chi connectivity index (χ4v) is 2.88. The molecule has 0 spiro atoms. The average molecular weight is 328 g/mol. The maximum absolute atomic E-state index is 12.2. The second-order valence-electron chi connectivity index (χ2n) is 4.29. The van der Waals surface area contributed by atoms with Crippen molar-refractivity contribution in [2.45, 2.75) is 13.0 Å². The molecule has 0 aliphatic heterocycles. The molecular weight excluding hydrogens is 318 g/mol. The Labute approximate surface area is 127 Å². The third-order valence-corrected chi connectivity index (χ3v) is 3.97. The van der Waals surface area contributed by atoms with Crippen LogP contribution in [-0.2, 0) is 4.79 Å². The summed E-state index contributed by atoms with van der Waals surface area (Å²) in [4.78, 5) is 34.9. The Kier molecular flexibility index (Phi) is 4.15. The second-order valence-corrected chi connectivity index (χ2v) is 5.75. The molecule has 21 heavy (non-hydrogen) atoms. The largest absolute Gasteiger partial charge is 0.499 e. The van der Waals surface area contributed by atoms with Gasteiger partial charge in [0.25, 0.3) is 5.91 Å². The molecule has 0 aliphatic rings. The minimum absolute atomic E-state index is 0.232. The molecule has 110 valence electrons. The van der Waals surface area contributed by atoms with Crippen LogP contribution in [0.4, 0.5) is 0 Å². The minimum atomic E-state index is -1.24. The Hall–Kier alpha value is -2.12. The molecule has 1 aromatic carbocycles. The van der Waals surface area contributed by atoms with Crippen molar-refractivity contribution in [3.05, 3.63) is 39.0 Å². The van der Waals surface area contributed by atoms with Gasteiger partial charge in [0.15, 0.2) is 5.06 Å². The number of carboxylic acid groups (broad SMARTS) is 1. The van der Waals surface area contributed by atoms with Gasteiger partial charge in [0, 0.05) is 15.1 Å². The van der Waals surface area contributed by atoms with Gasteiger partial charge in [0.05, 0.1) is 0 Å². The quantitative estimate of drug-likeness (QED) is 0.797. The third kappa shape index (κ3) is 2.98. The number of nitrogens with one attached hydrogen (secondary N) is 1. The minimum Gasteiger partial charge on any atom is -0.499 e. The highest BCUT2D eigenvalue weighted by atomic mass is 35.5. The van der Waals surface area contributed by atoms with E-state index in [4.69, 9.17) is 16.7 Å². The maximum Gasteiger partial charge on any atom is 0.325 e. The molecule has 0 saturated carbocycles. The fourth-order valence-electron chi connectivity index (χ4n) is 1.69. The van der Waals surface area contributed by atoms with Crippen molar-refractivity contribution in [1.29, 1.82) is 0 Å². The SMILES string of the molecule is CC(NC(=O)c1c(O)sc2cc(Cl)ccc2c1=O)C(=O)O. The van der Waals surface area contributed by atoms with Gasteiger partial charge < -0.3 is 15.5 Å². The normalized spacial score (nSPS) is 12.1. The number of aliphatic carboxylic acids is 1. The highest BCUT2D eigenvalue weighted by Gasteiger charge is 2.22. The molecule has 0 fully saturated rings. The van der Waals surface area contributed by atoms with Crippen LogP contribution in [0.5, 0.6) is 5.06 Å². The van der Waals surface area contributed by atoms with E-state index in [1.54, 1.807) is 0 Å². The van der Waals surface area contributed by atoms with Crippen LogP contribution in [0.2, 0.25) is 5.02 Å². The first kappa shape index (κ1) is 15.3. The van der Waals surface area contributed by atoms with Gasteiger partial charge in [0.1, 0.15) is 11.6 Å². The van der Waals surface area contributed by atoms with Crippen molar-refractivity contribution in [2.24, 2.45) is 0 Å². The van der Waals surface area contributed by atoms with Crippen LogP contribution in [0.15, 0.2) is 23.0 Å². The van der Waals surface area contributed by atoms with Crippen LogP contribution in [-0.4, -0.2) is 28.1 Å². The first-order valence-corrected chi connectivity index (χ1v) is 6.99. The summed E-state index contributed by atoms with van der Waals surface area (Å²) in [5.74, 6) is -2.17. The molecule has 1 heterocycles. The lowest BCUT2D eigenvalue weighted by Crippen LogP contribution is -2.40. The van der Waals surface area contributed by atoms with Gasteiger partial charge in [-0.05, 0) is 25.1 Å². The van der Waals surface area contributed by atoms with E-state index in [-0.39, 0.29) is 5.39 Å². The Bertz CT molecular complexity index is 801. The smallest absolute Gasteiger partial charge is 0.325 e. The summed E-state index contributed by atoms with van der Waals surface area (Å²) in [7, 11) is 0. The Morgan fingerprint density at radius 2 is 2.05 bits per heavy atom. The molecule has 3 N–H and O–H groups in total. The van der Waals surface area contributed by atoms with E-state index in [1.165, 1.54) is 25.1 Å². The lowest BCUT2D eigenvalue weighted by Gasteiger charge is -2.10. The summed E-state index contributed by atoms with van der Waals surface area (Å²) < 4.78 is 0.438. The van der Waals surface area contributed by atoms with Crippen molar-refractivity contribution in [3.63, 3.8) is 0 Å². The number of fused-ring (bicyclic) bond motifs is 1. The molecule has 0 bridgehead atoms. The lowest BCUT2D eigenvalue weighted by molar-refractivity contribution is -0.138. The zero-order chi connectivity index (χ0) is 15.7. The number of carboxylic acids is 1. The topological polar surface area (TPSA) is 104 Å². The van der Waals surface area contributed by atoms with Crippen LogP contribution < -0.4 is 10.7 Å². The zero-order valence-corrected chi connectivity index (χ0v) is 12.3. The lowest BCUT2D eigenvalue weighted by atomic mass is 10.2. The van der Waals surface area contributed by atoms with E-state index in [2.05, 4.69) is 5.32 Å². The van der Waals surface area contributed by atoms with Gasteiger partial charge >= 0.3 is 5.97 Å². The summed E-state index contributed by atoms with van der Waals surface area (Å²) in [6.07, 6.45) is 0. The van der Waals surface area contributed by atoms with E-state index in [1.807, 2.05) is 0 Å². The maximum atomic E-state index is 12.2. The number of hydrogen-bond acceptors (Lipinski definition) is 5. The molecule has 1 amide bonds. The average Bonchev–Trinajstić information content (AvgIpc) is 2.37. The summed E-state index contributed by atoms with van der Waals surface area (Å²) in [5, 5.41) is 20.9. The number of aromatic hydroxyl groups is 1. The summed E-state index contributed by atoms with van der Waals surface area (Å²) >= 11 is 6.63. The van der Waals surface area contributed by atoms with E-state index in [0.29, 0.717) is 9.72 Å². The van der Waals surface area contributed by atoms with Gasteiger partial charge in [0.2, 0.25) is 5.43 Å². The summed E-state index contributed by atoms with van der Waals surface area (Å²) in [6, 6.07) is 3.27. The number of carbonyl (C=O) groups is 2. The molecule has 1 aromatic heterocycles. The van der Waals surface area contributed by atoms with Crippen molar-refractivity contribution in [2.75, 3.05) is 0 Å². The van der Waals surface area contributed by atoms with Crippen LogP contribution >= 0.6 is 22.9 Å². The van der Waals surface area contributed by atoms with Crippen molar-refractivity contribution < 1.29 is 19.8 Å². The Balaban J connectivity index is 2.54. The molecule has 8 heteroatoms. The third-order valence-electron chi connectivity index (χ3n) is 2.78. The van der Waals surface area contributed by atoms with E-state index in [9.17, 15) is 19.5 Å². The van der Waals surface area contributed by atoms with Crippen LogP contribution in [0.1, 0.15) is 17.3 Å². The number of halogens is 1. The molecular formula is C13H10ClNO5S. The number of rotatable bonds is 3. The van der Waals surface area contributed by atoms with Gasteiger partial charge in [-0.2, -0.15) is 0 Å². The fraction of sp³-hybridized carbons (Fsp3) is 0.154. The number of amides is 1. The number of carbonyl (C=O) groups excluding carboxylic acids is 1. The second kappa shape index (κ2) is 5.71. The van der Waals surface area contributed by atoms with Gasteiger partial charge in [-0.15, -0.1) is 0 Å². The molecule has 1 atom stereocenters. The van der Waals surface area contributed by atoms with Gasteiger partial charge in [-0.3, -0.25) is 14.4 Å². The standard InChI is InChI=1S/C13H10ClNO5S/c1-5(12(18)19)15-11(17)9-10(16)7-3-2-6(14)4-8(7)21-13(9)20/h2-5,20H,1H3,(H,15,17)(H,18,19). The molecule has 0 aliphatic carbocycles. The predicted octanol–water partition coefficient (Wildman–Crippen LogP) is 1.82. The first-order chi connectivity index (χ1) is 9.81. The molecule has 0 radical (unpaired) electrons. The Morgan fingerprint density at radius 3 is 2.67 bits per heavy atom. The molecule has 0 saturated heterocycles. The van der Waals surface area contributed by atoms with E-state index < -0.39 is 34.0 Å². The summed E-state index contributed by atoms with van der Waals surface area (Å²) in [6.45, 7) is 1.26. The van der Waals surface area contributed by atoms with Crippen molar-refractivity contribution in [3.8, 4) is 5.06 Å². The van der Waals surface area contributed by atoms with Gasteiger partial charge in [-0.25, -0.2) is 0 Å². The van der Waals surface area contributed by atoms with Crippen LogP contribution in [0.3, 0.4) is 0 Å². The van der Waals surface area contributed by atoms with Crippen LogP contribution in [0.25, 0.3) is 10.1 Å². The monoisotopic (exact) mass is 327 g/mol. The highest BCUT2D eigenvalue weighted by Crippen LogP contribution is 2.29. The molecule has 1 unspecified atom stereocenters. The molecule has 2 aromatic rings. The zero-order valence-electron chi connectivity index (χ0n) is 10.7. The highest BCUT2D eigenvalue weighted by molar-refractivity contribution is 7.20. The molecule has 2 rings (SSSR count). The van der Waals surface area contributed by atoms with E-state index in [0.717, 1.165) is 11.3 Å². The first-order valence-electron chi connectivity index (χ1n) is 5.80. The van der Waals surface area contributed by atoms with Gasteiger partial charge in [-0.1, -0.05) is 22.9 Å². The predicted molar refractivity (Wildman–Crippen MR) is 79.3 cm³/mol. The molecule has 6 nitrogen and oxygen atoms in total. The van der Waals surface area contributed by atoms with Crippen molar-refractivity contribution >= 4 is 44.9 Å². The van der Waals surface area contributed by atoms with E-state index >= 15 is 0 Å². The Morgan fingerprint density at radius 1 is 1.38 bits per heavy atom. The van der Waals surface area contributed by atoms with Crippen LogP contribution in [0, 0.1) is 0 Å².